The average Bonchev–Trinajstić information content (AvgIpc) is 3.29. The van der Waals surface area contributed by atoms with E-state index in [9.17, 15) is 4.79 Å². The number of likely N-dealkylation sites (tertiary alicyclic amines) is 1. The minimum absolute atomic E-state index is 0.0135. The normalized spacial score (nSPS) is 15.3. The van der Waals surface area contributed by atoms with Crippen LogP contribution in [-0.2, 0) is 9.53 Å². The summed E-state index contributed by atoms with van der Waals surface area (Å²) in [5.74, 6) is 0.778. The maximum absolute atomic E-state index is 12.4. The van der Waals surface area contributed by atoms with Crippen molar-refractivity contribution in [3.63, 3.8) is 0 Å². The van der Waals surface area contributed by atoms with Crippen molar-refractivity contribution in [1.29, 1.82) is 0 Å². The topological polar surface area (TPSA) is 48.1 Å². The zero-order valence-corrected chi connectivity index (χ0v) is 44.3. The number of rotatable bonds is 50. The van der Waals surface area contributed by atoms with Crippen molar-refractivity contribution in [3.05, 3.63) is 0 Å². The molecule has 0 bridgehead atoms. The summed E-state index contributed by atoms with van der Waals surface area (Å²) in [6, 6.07) is 0. The van der Waals surface area contributed by atoms with Gasteiger partial charge in [0.2, 0.25) is 0 Å². The van der Waals surface area contributed by atoms with Gasteiger partial charge in [-0.05, 0) is 103 Å². The molecule has 0 amide bonds. The molecule has 0 aliphatic carbocycles. The van der Waals surface area contributed by atoms with Crippen molar-refractivity contribution in [2.45, 2.75) is 277 Å². The highest BCUT2D eigenvalue weighted by Crippen LogP contribution is 2.24. The van der Waals surface area contributed by atoms with Crippen molar-refractivity contribution in [2.24, 2.45) is 5.92 Å². The van der Waals surface area contributed by atoms with Gasteiger partial charge in [0.25, 0.3) is 0 Å². The first-order chi connectivity index (χ1) is 31.0. The number of hydrogen-bond donors (Lipinski definition) is 2. The van der Waals surface area contributed by atoms with Crippen molar-refractivity contribution in [3.8, 4) is 0 Å². The zero-order chi connectivity index (χ0) is 45.5. The number of esters is 1. The molecule has 2 unspecified atom stereocenters. The molecule has 1 rings (SSSR count). The molecule has 0 aromatic rings. The van der Waals surface area contributed by atoms with Crippen LogP contribution in [0.4, 0.5) is 0 Å². The van der Waals surface area contributed by atoms with Gasteiger partial charge in [-0.15, -0.1) is 0 Å². The summed E-state index contributed by atoms with van der Waals surface area (Å²) in [5.41, 5.74) is 0. The zero-order valence-electron chi connectivity index (χ0n) is 43.4. The van der Waals surface area contributed by atoms with E-state index >= 15 is 0 Å². The molecule has 1 fully saturated rings. The van der Waals surface area contributed by atoms with E-state index in [1.54, 1.807) is 0 Å². The molecule has 1 N–H and O–H groups in total. The molecule has 0 spiro atoms. The number of unbranched alkanes of at least 4 members (excludes halogenated alkanes) is 29. The van der Waals surface area contributed by atoms with Gasteiger partial charge in [0.15, 0.2) is 0 Å². The predicted molar refractivity (Wildman–Crippen MR) is 283 cm³/mol. The molecule has 1 saturated heterocycles. The third-order valence-electron chi connectivity index (χ3n) is 14.1. The number of hydrogen-bond acceptors (Lipinski definition) is 7. The fourth-order valence-electron chi connectivity index (χ4n) is 9.73. The number of ether oxygens (including phenoxy) is 1. The SMILES string of the molecule is CCCCCCCCCCCCCCN(CCCCOC(=O)CCCCCCCC)CCC1CCCN(C(S)CN(CCCCCCCCC)CCNCCCCCCCCC)C1. The van der Waals surface area contributed by atoms with Crippen molar-refractivity contribution < 1.29 is 9.53 Å². The summed E-state index contributed by atoms with van der Waals surface area (Å²) in [5, 5.41) is 4.12. The monoisotopic (exact) mass is 907 g/mol. The summed E-state index contributed by atoms with van der Waals surface area (Å²) in [4.78, 5) is 20.6. The van der Waals surface area contributed by atoms with Crippen LogP contribution in [0.25, 0.3) is 0 Å². The highest BCUT2D eigenvalue weighted by atomic mass is 32.1. The summed E-state index contributed by atoms with van der Waals surface area (Å²) in [6.07, 6.45) is 50.1. The van der Waals surface area contributed by atoms with Crippen LogP contribution in [0.1, 0.15) is 272 Å². The van der Waals surface area contributed by atoms with Crippen molar-refractivity contribution >= 4 is 18.6 Å². The van der Waals surface area contributed by atoms with E-state index in [0.29, 0.717) is 18.4 Å². The lowest BCUT2D eigenvalue weighted by Crippen LogP contribution is -2.47. The van der Waals surface area contributed by atoms with Crippen molar-refractivity contribution in [1.82, 2.24) is 20.0 Å². The quantitative estimate of drug-likeness (QED) is 0.0360. The summed E-state index contributed by atoms with van der Waals surface area (Å²) in [6.45, 7) is 21.5. The van der Waals surface area contributed by atoms with Crippen LogP contribution in [0.15, 0.2) is 0 Å². The lowest BCUT2D eigenvalue weighted by Gasteiger charge is -2.39. The Kier molecular flexibility index (Phi) is 46.4. The predicted octanol–water partition coefficient (Wildman–Crippen LogP) is 15.8. The highest BCUT2D eigenvalue weighted by Gasteiger charge is 2.26. The minimum Gasteiger partial charge on any atom is -0.466 e. The first-order valence-electron chi connectivity index (χ1n) is 28.8. The Morgan fingerprint density at radius 2 is 0.984 bits per heavy atom. The van der Waals surface area contributed by atoms with E-state index in [-0.39, 0.29) is 5.97 Å². The van der Waals surface area contributed by atoms with E-state index in [1.807, 2.05) is 0 Å². The Bertz CT molecular complexity index is 926. The van der Waals surface area contributed by atoms with Gasteiger partial charge >= 0.3 is 5.97 Å². The summed E-state index contributed by atoms with van der Waals surface area (Å²) in [7, 11) is 0. The number of carbonyl (C=O) groups is 1. The fraction of sp³-hybridized carbons (Fsp3) is 0.982. The molecule has 376 valence electrons. The Balaban J connectivity index is 2.58. The van der Waals surface area contributed by atoms with Crippen LogP contribution >= 0.6 is 12.6 Å². The second-order valence-corrected chi connectivity index (χ2v) is 20.8. The molecule has 7 heteroatoms. The Morgan fingerprint density at radius 3 is 1.51 bits per heavy atom. The summed E-state index contributed by atoms with van der Waals surface area (Å²) < 4.78 is 5.67. The molecule has 2 atom stereocenters. The molecule has 1 aliphatic heterocycles. The number of nitrogens with zero attached hydrogens (tertiary/aromatic N) is 3. The van der Waals surface area contributed by atoms with Crippen LogP contribution in [-0.4, -0.2) is 98.1 Å². The van der Waals surface area contributed by atoms with Crippen LogP contribution in [0.5, 0.6) is 0 Å². The van der Waals surface area contributed by atoms with E-state index in [0.717, 1.165) is 57.8 Å². The van der Waals surface area contributed by atoms with Crippen LogP contribution in [0, 0.1) is 5.92 Å². The second-order valence-electron chi connectivity index (χ2n) is 20.2. The number of nitrogens with one attached hydrogen (secondary N) is 1. The van der Waals surface area contributed by atoms with E-state index < -0.39 is 0 Å². The Morgan fingerprint density at radius 1 is 0.540 bits per heavy atom. The van der Waals surface area contributed by atoms with Crippen LogP contribution in [0.3, 0.4) is 0 Å². The number of carbonyl (C=O) groups excluding carboxylic acids is 1. The molecule has 1 heterocycles. The molecule has 0 saturated carbocycles. The molecule has 0 aromatic carbocycles. The first kappa shape index (κ1) is 60.7. The molecular weight excluding hydrogens is 793 g/mol. The van der Waals surface area contributed by atoms with Crippen molar-refractivity contribution in [2.75, 3.05) is 72.1 Å². The molecule has 6 nitrogen and oxygen atoms in total. The average molecular weight is 908 g/mol. The number of thiol groups is 1. The van der Waals surface area contributed by atoms with E-state index in [4.69, 9.17) is 17.4 Å². The third-order valence-corrected chi connectivity index (χ3v) is 14.6. The van der Waals surface area contributed by atoms with Crippen LogP contribution in [0.2, 0.25) is 0 Å². The second kappa shape index (κ2) is 48.1. The van der Waals surface area contributed by atoms with Crippen LogP contribution < -0.4 is 5.32 Å². The maximum Gasteiger partial charge on any atom is 0.305 e. The van der Waals surface area contributed by atoms with Gasteiger partial charge in [-0.25, -0.2) is 0 Å². The molecule has 63 heavy (non-hydrogen) atoms. The first-order valence-corrected chi connectivity index (χ1v) is 29.3. The molecule has 0 aromatic heterocycles. The molecular formula is C56H114N4O2S. The number of piperidine rings is 1. The largest absolute Gasteiger partial charge is 0.466 e. The van der Waals surface area contributed by atoms with Gasteiger partial charge in [0.1, 0.15) is 0 Å². The third kappa shape index (κ3) is 40.4. The van der Waals surface area contributed by atoms with Gasteiger partial charge in [-0.2, -0.15) is 12.6 Å². The van der Waals surface area contributed by atoms with Gasteiger partial charge in [0.05, 0.1) is 12.0 Å². The maximum atomic E-state index is 12.4. The Hall–Kier alpha value is -0.340. The highest BCUT2D eigenvalue weighted by molar-refractivity contribution is 7.80. The van der Waals surface area contributed by atoms with Gasteiger partial charge in [-0.3, -0.25) is 14.6 Å². The van der Waals surface area contributed by atoms with E-state index in [2.05, 4.69) is 47.7 Å². The van der Waals surface area contributed by atoms with Gasteiger partial charge in [-0.1, -0.05) is 207 Å². The smallest absolute Gasteiger partial charge is 0.305 e. The lowest BCUT2D eigenvalue weighted by molar-refractivity contribution is -0.143. The fourth-order valence-corrected chi connectivity index (χ4v) is 10.2. The lowest BCUT2D eigenvalue weighted by atomic mass is 9.94. The van der Waals surface area contributed by atoms with Gasteiger partial charge < -0.3 is 15.0 Å². The minimum atomic E-state index is 0.0135. The summed E-state index contributed by atoms with van der Waals surface area (Å²) >= 11 is 5.33. The van der Waals surface area contributed by atoms with E-state index in [1.165, 1.54) is 251 Å². The Labute approximate surface area is 401 Å². The molecule has 1 aliphatic rings. The standard InChI is InChI=1S/C56H114N4O2S/c1-5-9-13-17-21-22-23-24-25-28-31-35-45-58(46-37-38-51-62-56(61)41-33-29-20-16-12-8-4)49-42-54-40-39-48-60(52-54)55(63)53-59(47-36-32-27-19-15-11-7-3)50-44-57-43-34-30-26-18-14-10-6-2/h54-55,57,63H,5-53H2,1-4H3. The molecule has 0 radical (unpaired) electrons. The van der Waals surface area contributed by atoms with Gasteiger partial charge in [0, 0.05) is 32.6 Å².